The normalized spacial score (nSPS) is 13.6. The number of benzene rings is 1. The summed E-state index contributed by atoms with van der Waals surface area (Å²) in [6, 6.07) is 9.65. The van der Waals surface area contributed by atoms with Gasteiger partial charge in [0.05, 0.1) is 10.3 Å². The first-order valence-corrected chi connectivity index (χ1v) is 6.45. The zero-order valence-electron chi connectivity index (χ0n) is 9.23. The lowest BCUT2D eigenvalue weighted by molar-refractivity contribution is 0.0973. The van der Waals surface area contributed by atoms with Crippen molar-refractivity contribution in [3.8, 4) is 0 Å². The van der Waals surface area contributed by atoms with Gasteiger partial charge in [-0.15, -0.1) is 11.8 Å². The van der Waals surface area contributed by atoms with E-state index in [-0.39, 0.29) is 5.41 Å². The second-order valence-electron chi connectivity index (χ2n) is 4.03. The highest BCUT2D eigenvalue weighted by atomic mass is 32.2. The molecular formula is C12H16OS2. The fourth-order valence-corrected chi connectivity index (χ4v) is 2.18. The molecule has 0 heterocycles. The van der Waals surface area contributed by atoms with Crippen molar-refractivity contribution < 1.29 is 5.11 Å². The van der Waals surface area contributed by atoms with Crippen LogP contribution in [0.25, 0.3) is 0 Å². The third-order valence-electron chi connectivity index (χ3n) is 2.51. The molecule has 82 valence electrons. The van der Waals surface area contributed by atoms with Crippen molar-refractivity contribution >= 4 is 28.2 Å². The zero-order chi connectivity index (χ0) is 11.5. The van der Waals surface area contributed by atoms with Gasteiger partial charge in [0.15, 0.2) is 0 Å². The largest absolute Gasteiger partial charge is 0.387 e. The Labute approximate surface area is 101 Å². The van der Waals surface area contributed by atoms with E-state index in [0.29, 0.717) is 0 Å². The highest BCUT2D eigenvalue weighted by molar-refractivity contribution is 8.22. The Morgan fingerprint density at radius 3 is 2.33 bits per heavy atom. The zero-order valence-corrected chi connectivity index (χ0v) is 10.9. The minimum Gasteiger partial charge on any atom is -0.387 e. The molecule has 0 saturated carbocycles. The molecule has 1 nitrogen and oxygen atoms in total. The molecule has 1 atom stereocenters. The van der Waals surface area contributed by atoms with E-state index in [1.54, 1.807) is 0 Å². The van der Waals surface area contributed by atoms with Crippen molar-refractivity contribution in [1.82, 2.24) is 0 Å². The van der Waals surface area contributed by atoms with Gasteiger partial charge in [-0.3, -0.25) is 0 Å². The predicted molar refractivity (Wildman–Crippen MR) is 71.3 cm³/mol. The fourth-order valence-electron chi connectivity index (χ4n) is 1.43. The van der Waals surface area contributed by atoms with Crippen LogP contribution in [0.15, 0.2) is 30.3 Å². The van der Waals surface area contributed by atoms with Crippen molar-refractivity contribution in [2.24, 2.45) is 5.41 Å². The Hall–Kier alpha value is -0.380. The van der Waals surface area contributed by atoms with Gasteiger partial charge in [-0.05, 0) is 11.8 Å². The molecule has 0 bridgehead atoms. The third-order valence-corrected chi connectivity index (χ3v) is 4.43. The van der Waals surface area contributed by atoms with Crippen molar-refractivity contribution in [1.29, 1.82) is 0 Å². The molecule has 0 aliphatic heterocycles. The molecule has 0 fully saturated rings. The van der Waals surface area contributed by atoms with Crippen LogP contribution in [0.1, 0.15) is 25.5 Å². The van der Waals surface area contributed by atoms with E-state index in [4.69, 9.17) is 12.2 Å². The summed E-state index contributed by atoms with van der Waals surface area (Å²) in [7, 11) is 0. The monoisotopic (exact) mass is 240 g/mol. The second kappa shape index (κ2) is 5.10. The fraction of sp³-hybridized carbons (Fsp3) is 0.417. The van der Waals surface area contributed by atoms with Gasteiger partial charge in [-0.25, -0.2) is 0 Å². The van der Waals surface area contributed by atoms with Crippen LogP contribution in [0.5, 0.6) is 0 Å². The van der Waals surface area contributed by atoms with Gasteiger partial charge in [0.1, 0.15) is 0 Å². The Balaban J connectivity index is 2.94. The molecule has 0 aromatic heterocycles. The first kappa shape index (κ1) is 12.7. The number of hydrogen-bond donors (Lipinski definition) is 1. The molecule has 15 heavy (non-hydrogen) atoms. The van der Waals surface area contributed by atoms with E-state index < -0.39 is 6.10 Å². The minimum absolute atomic E-state index is 0.379. The molecule has 0 aliphatic rings. The maximum atomic E-state index is 10.2. The maximum absolute atomic E-state index is 10.2. The van der Waals surface area contributed by atoms with Crippen molar-refractivity contribution in [2.75, 3.05) is 6.26 Å². The minimum atomic E-state index is -0.543. The lowest BCUT2D eigenvalue weighted by Gasteiger charge is -2.30. The SMILES string of the molecule is CSC(=S)C(C)(C)[C@@H](O)c1ccccc1. The predicted octanol–water partition coefficient (Wildman–Crippen LogP) is 3.44. The van der Waals surface area contributed by atoms with Crippen LogP contribution < -0.4 is 0 Å². The Kier molecular flexibility index (Phi) is 4.32. The molecule has 0 radical (unpaired) electrons. The highest BCUT2D eigenvalue weighted by Crippen LogP contribution is 2.37. The standard InChI is InChI=1S/C12H16OS2/c1-12(2,11(14)15-3)10(13)9-7-5-4-6-8-9/h4-8,10,13H,1-3H3/t10-/m0/s1. The summed E-state index contributed by atoms with van der Waals surface area (Å²) in [5, 5.41) is 10.2. The van der Waals surface area contributed by atoms with Crippen LogP contribution in [-0.2, 0) is 0 Å². The first-order valence-electron chi connectivity index (χ1n) is 4.81. The molecule has 1 N–H and O–H groups in total. The number of thiocarbonyl (C=S) groups is 1. The Bertz CT molecular complexity index is 333. The van der Waals surface area contributed by atoms with E-state index in [2.05, 4.69) is 0 Å². The summed E-state index contributed by atoms with van der Waals surface area (Å²) < 4.78 is 0.832. The number of aliphatic hydroxyl groups excluding tert-OH is 1. The average molecular weight is 240 g/mol. The van der Waals surface area contributed by atoms with Crippen LogP contribution >= 0.6 is 24.0 Å². The molecule has 0 unspecified atom stereocenters. The molecule has 0 saturated heterocycles. The van der Waals surface area contributed by atoms with Crippen LogP contribution in [0.3, 0.4) is 0 Å². The van der Waals surface area contributed by atoms with Crippen LogP contribution in [0.2, 0.25) is 0 Å². The first-order chi connectivity index (χ1) is 7.00. The summed E-state index contributed by atoms with van der Waals surface area (Å²) in [6.45, 7) is 3.95. The molecular weight excluding hydrogens is 224 g/mol. The number of aliphatic hydroxyl groups is 1. The van der Waals surface area contributed by atoms with E-state index >= 15 is 0 Å². The number of hydrogen-bond acceptors (Lipinski definition) is 3. The van der Waals surface area contributed by atoms with E-state index in [9.17, 15) is 5.11 Å². The third kappa shape index (κ3) is 2.80. The lowest BCUT2D eigenvalue weighted by atomic mass is 9.84. The Morgan fingerprint density at radius 1 is 1.33 bits per heavy atom. The van der Waals surface area contributed by atoms with Crippen LogP contribution in [0, 0.1) is 5.41 Å². The molecule has 1 aromatic rings. The van der Waals surface area contributed by atoms with Crippen LogP contribution in [0.4, 0.5) is 0 Å². The summed E-state index contributed by atoms with van der Waals surface area (Å²) in [4.78, 5) is 0. The topological polar surface area (TPSA) is 20.2 Å². The van der Waals surface area contributed by atoms with Crippen molar-refractivity contribution in [3.05, 3.63) is 35.9 Å². The van der Waals surface area contributed by atoms with Gasteiger partial charge in [-0.1, -0.05) is 56.4 Å². The van der Waals surface area contributed by atoms with E-state index in [1.807, 2.05) is 50.4 Å². The van der Waals surface area contributed by atoms with Crippen molar-refractivity contribution in [2.45, 2.75) is 20.0 Å². The molecule has 1 aromatic carbocycles. The average Bonchev–Trinajstić information content (AvgIpc) is 2.28. The molecule has 1 rings (SSSR count). The summed E-state index contributed by atoms with van der Waals surface area (Å²) >= 11 is 6.80. The smallest absolute Gasteiger partial charge is 0.0894 e. The van der Waals surface area contributed by atoms with Crippen molar-refractivity contribution in [3.63, 3.8) is 0 Å². The maximum Gasteiger partial charge on any atom is 0.0894 e. The molecule has 0 aliphatic carbocycles. The summed E-state index contributed by atoms with van der Waals surface area (Å²) in [6.07, 6.45) is 1.40. The molecule has 0 spiro atoms. The van der Waals surface area contributed by atoms with Crippen LogP contribution in [-0.4, -0.2) is 15.6 Å². The molecule has 3 heteroatoms. The summed E-state index contributed by atoms with van der Waals surface area (Å²) in [5.41, 5.74) is 0.537. The van der Waals surface area contributed by atoms with E-state index in [1.165, 1.54) is 11.8 Å². The van der Waals surface area contributed by atoms with Gasteiger partial charge < -0.3 is 5.11 Å². The lowest BCUT2D eigenvalue weighted by Crippen LogP contribution is -2.28. The van der Waals surface area contributed by atoms with Gasteiger partial charge in [0.25, 0.3) is 0 Å². The van der Waals surface area contributed by atoms with Gasteiger partial charge in [-0.2, -0.15) is 0 Å². The second-order valence-corrected chi connectivity index (χ2v) is 5.51. The highest BCUT2D eigenvalue weighted by Gasteiger charge is 2.32. The number of rotatable bonds is 3. The number of thioether (sulfide) groups is 1. The quantitative estimate of drug-likeness (QED) is 0.817. The van der Waals surface area contributed by atoms with E-state index in [0.717, 1.165) is 9.76 Å². The van der Waals surface area contributed by atoms with Gasteiger partial charge >= 0.3 is 0 Å². The molecule has 0 amide bonds. The Morgan fingerprint density at radius 2 is 1.87 bits per heavy atom. The van der Waals surface area contributed by atoms with Gasteiger partial charge in [0.2, 0.25) is 0 Å². The van der Waals surface area contributed by atoms with Gasteiger partial charge in [0, 0.05) is 5.41 Å². The summed E-state index contributed by atoms with van der Waals surface area (Å²) in [5.74, 6) is 0.